The van der Waals surface area contributed by atoms with Gasteiger partial charge >= 0.3 is 0 Å². The van der Waals surface area contributed by atoms with Crippen LogP contribution in [0.4, 0.5) is 0 Å². The van der Waals surface area contributed by atoms with E-state index in [0.29, 0.717) is 10.2 Å². The van der Waals surface area contributed by atoms with Gasteiger partial charge in [-0.3, -0.25) is 0 Å². The summed E-state index contributed by atoms with van der Waals surface area (Å²) < 4.78 is 3.00. The van der Waals surface area contributed by atoms with E-state index in [1.807, 2.05) is 0 Å². The highest BCUT2D eigenvalue weighted by Gasteiger charge is 2.36. The Kier molecular flexibility index (Phi) is 3.49. The van der Waals surface area contributed by atoms with Gasteiger partial charge in [0.25, 0.3) is 0 Å². The third-order valence-electron chi connectivity index (χ3n) is 5.06. The average Bonchev–Trinajstić information content (AvgIpc) is 2.86. The minimum absolute atomic E-state index is 0.220. The van der Waals surface area contributed by atoms with E-state index in [9.17, 15) is 0 Å². The number of rotatable bonds is 2. The molecule has 1 aromatic heterocycles. The molecule has 0 amide bonds. The highest BCUT2D eigenvalue weighted by molar-refractivity contribution is 8.00. The first-order valence-electron chi connectivity index (χ1n) is 7.88. The molecule has 20 heavy (non-hydrogen) atoms. The van der Waals surface area contributed by atoms with Gasteiger partial charge in [0, 0.05) is 28.7 Å². The smallest absolute Gasteiger partial charge is 0.0369 e. The molecule has 2 heterocycles. The molecule has 0 aromatic carbocycles. The van der Waals surface area contributed by atoms with Crippen molar-refractivity contribution >= 4 is 11.8 Å². The molecule has 2 N–H and O–H groups in total. The van der Waals surface area contributed by atoms with Crippen molar-refractivity contribution in [1.29, 1.82) is 0 Å². The van der Waals surface area contributed by atoms with Gasteiger partial charge in [-0.1, -0.05) is 13.8 Å². The molecule has 0 radical (unpaired) electrons. The number of aromatic nitrogens is 1. The molecule has 2 atom stereocenters. The maximum atomic E-state index is 6.43. The Balaban J connectivity index is 1.96. The van der Waals surface area contributed by atoms with Gasteiger partial charge in [-0.05, 0) is 62.3 Å². The molecule has 0 saturated carbocycles. The maximum Gasteiger partial charge on any atom is 0.0369 e. The molecule has 1 aliphatic carbocycles. The molecule has 2 unspecified atom stereocenters. The summed E-state index contributed by atoms with van der Waals surface area (Å²) in [4.78, 5) is 0. The van der Waals surface area contributed by atoms with E-state index in [1.165, 1.54) is 42.0 Å². The summed E-state index contributed by atoms with van der Waals surface area (Å²) in [6.07, 6.45) is 4.99. The first-order valence-corrected chi connectivity index (χ1v) is 8.87. The molecule has 1 saturated heterocycles. The molecular formula is C17H28N2S. The van der Waals surface area contributed by atoms with E-state index in [2.05, 4.69) is 50.1 Å². The lowest BCUT2D eigenvalue weighted by Crippen LogP contribution is -2.32. The molecule has 0 spiro atoms. The van der Waals surface area contributed by atoms with Crippen molar-refractivity contribution in [3.05, 3.63) is 23.0 Å². The Labute approximate surface area is 127 Å². The largest absolute Gasteiger partial charge is 0.347 e. The minimum Gasteiger partial charge on any atom is -0.347 e. The third-order valence-corrected chi connectivity index (χ3v) is 6.58. The Morgan fingerprint density at radius 3 is 2.80 bits per heavy atom. The molecule has 2 aliphatic rings. The highest BCUT2D eigenvalue weighted by atomic mass is 32.2. The van der Waals surface area contributed by atoms with Crippen LogP contribution >= 0.6 is 11.8 Å². The van der Waals surface area contributed by atoms with Gasteiger partial charge in [0.2, 0.25) is 0 Å². The second-order valence-corrected chi connectivity index (χ2v) is 9.51. The highest BCUT2D eigenvalue weighted by Crippen LogP contribution is 2.44. The summed E-state index contributed by atoms with van der Waals surface area (Å²) in [5.41, 5.74) is 11.1. The van der Waals surface area contributed by atoms with Gasteiger partial charge < -0.3 is 10.3 Å². The monoisotopic (exact) mass is 292 g/mol. The summed E-state index contributed by atoms with van der Waals surface area (Å²) in [7, 11) is 0. The van der Waals surface area contributed by atoms with Crippen molar-refractivity contribution < 1.29 is 0 Å². The molecule has 3 rings (SSSR count). The molecule has 112 valence electrons. The van der Waals surface area contributed by atoms with Crippen LogP contribution in [0.15, 0.2) is 6.07 Å². The van der Waals surface area contributed by atoms with E-state index < -0.39 is 0 Å². The molecule has 1 fully saturated rings. The fraction of sp³-hybridized carbons (Fsp3) is 0.765. The van der Waals surface area contributed by atoms with Crippen LogP contribution in [0.25, 0.3) is 0 Å². The molecule has 1 aliphatic heterocycles. The predicted molar refractivity (Wildman–Crippen MR) is 88.3 cm³/mol. The van der Waals surface area contributed by atoms with Crippen molar-refractivity contribution in [3.8, 4) is 0 Å². The second-order valence-electron chi connectivity index (χ2n) is 7.83. The van der Waals surface area contributed by atoms with E-state index in [-0.39, 0.29) is 6.04 Å². The van der Waals surface area contributed by atoms with Crippen LogP contribution in [0.3, 0.4) is 0 Å². The van der Waals surface area contributed by atoms with Crippen LogP contribution in [-0.2, 0) is 13.0 Å². The van der Waals surface area contributed by atoms with E-state index in [1.54, 1.807) is 0 Å². The predicted octanol–water partition coefficient (Wildman–Crippen LogP) is 4.05. The van der Waals surface area contributed by atoms with Gasteiger partial charge in [0.05, 0.1) is 0 Å². The van der Waals surface area contributed by atoms with Crippen molar-refractivity contribution in [1.82, 2.24) is 4.57 Å². The van der Waals surface area contributed by atoms with Gasteiger partial charge in [-0.15, -0.1) is 0 Å². The second kappa shape index (κ2) is 4.81. The fourth-order valence-electron chi connectivity index (χ4n) is 4.02. The lowest BCUT2D eigenvalue weighted by atomic mass is 9.74. The van der Waals surface area contributed by atoms with Gasteiger partial charge in [-0.2, -0.15) is 11.8 Å². The summed E-state index contributed by atoms with van der Waals surface area (Å²) in [5, 5.41) is 0. The number of nitrogens with two attached hydrogens (primary N) is 1. The summed E-state index contributed by atoms with van der Waals surface area (Å²) in [6.45, 7) is 10.6. The lowest BCUT2D eigenvalue weighted by Gasteiger charge is -2.35. The van der Waals surface area contributed by atoms with Gasteiger partial charge in [0.1, 0.15) is 0 Å². The zero-order valence-electron chi connectivity index (χ0n) is 13.3. The van der Waals surface area contributed by atoms with Crippen molar-refractivity contribution in [2.45, 2.75) is 70.7 Å². The number of thioether (sulfide) groups is 1. The number of hydrogen-bond donors (Lipinski definition) is 1. The zero-order valence-corrected chi connectivity index (χ0v) is 14.1. The van der Waals surface area contributed by atoms with Crippen LogP contribution in [0, 0.1) is 12.3 Å². The normalized spacial score (nSPS) is 32.4. The third kappa shape index (κ3) is 2.55. The number of nitrogens with zero attached hydrogens (tertiary/aromatic N) is 1. The molecule has 3 heteroatoms. The van der Waals surface area contributed by atoms with Crippen LogP contribution in [0.5, 0.6) is 0 Å². The summed E-state index contributed by atoms with van der Waals surface area (Å²) in [5.74, 6) is 1.32. The zero-order chi connectivity index (χ0) is 14.5. The number of hydrogen-bond acceptors (Lipinski definition) is 2. The van der Waals surface area contributed by atoms with Crippen molar-refractivity contribution in [2.75, 3.05) is 5.75 Å². The van der Waals surface area contributed by atoms with E-state index >= 15 is 0 Å². The molecule has 0 bridgehead atoms. The van der Waals surface area contributed by atoms with Gasteiger partial charge in [0.15, 0.2) is 0 Å². The summed E-state index contributed by atoms with van der Waals surface area (Å²) in [6, 6.07) is 2.57. The van der Waals surface area contributed by atoms with Crippen molar-refractivity contribution in [3.63, 3.8) is 0 Å². The molecule has 1 aromatic rings. The van der Waals surface area contributed by atoms with Crippen LogP contribution < -0.4 is 5.73 Å². The van der Waals surface area contributed by atoms with Crippen LogP contribution in [-0.4, -0.2) is 15.1 Å². The lowest BCUT2D eigenvalue weighted by molar-refractivity contribution is 0.273. The maximum absolute atomic E-state index is 6.43. The van der Waals surface area contributed by atoms with Gasteiger partial charge in [-0.25, -0.2) is 0 Å². The molecular weight excluding hydrogens is 264 g/mol. The van der Waals surface area contributed by atoms with Crippen LogP contribution in [0.1, 0.15) is 63.0 Å². The van der Waals surface area contributed by atoms with E-state index in [0.717, 1.165) is 13.0 Å². The number of aryl methyl sites for hydroxylation is 1. The number of fused-ring (bicyclic) bond motifs is 1. The Morgan fingerprint density at radius 2 is 2.15 bits per heavy atom. The van der Waals surface area contributed by atoms with E-state index in [4.69, 9.17) is 5.73 Å². The SMILES string of the molecule is Cc1cc2c(n1CC1(C)CCCS1)CC(C)(C)CC2N. The topological polar surface area (TPSA) is 30.9 Å². The minimum atomic E-state index is 0.220. The first-order chi connectivity index (χ1) is 9.30. The fourth-order valence-corrected chi connectivity index (χ4v) is 5.31. The Hall–Kier alpha value is -0.410. The Bertz CT molecular complexity index is 509. The summed E-state index contributed by atoms with van der Waals surface area (Å²) >= 11 is 2.15. The quantitative estimate of drug-likeness (QED) is 0.891. The first kappa shape index (κ1) is 14.5. The van der Waals surface area contributed by atoms with Crippen molar-refractivity contribution in [2.24, 2.45) is 11.1 Å². The van der Waals surface area contributed by atoms with Crippen LogP contribution in [0.2, 0.25) is 0 Å². The average molecular weight is 292 g/mol. The standard InChI is InChI=1S/C17H28N2S/c1-12-8-13-14(18)9-16(2,3)10-15(13)19(12)11-17(4)6-5-7-20-17/h8,14H,5-7,9-11,18H2,1-4H3. The Morgan fingerprint density at radius 1 is 1.40 bits per heavy atom. The molecule has 2 nitrogen and oxygen atoms in total.